The lowest BCUT2D eigenvalue weighted by Gasteiger charge is -2.20. The Labute approximate surface area is 113 Å². The van der Waals surface area contributed by atoms with E-state index in [9.17, 15) is 0 Å². The molecule has 1 atom stereocenters. The Kier molecular flexibility index (Phi) is 2.25. The van der Waals surface area contributed by atoms with Crippen LogP contribution in [-0.2, 0) is 0 Å². The van der Waals surface area contributed by atoms with Crippen molar-refractivity contribution in [3.8, 4) is 0 Å². The van der Waals surface area contributed by atoms with Gasteiger partial charge in [0.25, 0.3) is 5.95 Å². The van der Waals surface area contributed by atoms with Gasteiger partial charge in [-0.25, -0.2) is 9.67 Å². The molecule has 3 aromatic rings. The summed E-state index contributed by atoms with van der Waals surface area (Å²) in [6, 6.07) is 8.60. The number of aliphatic imine (C=N–C) groups is 1. The van der Waals surface area contributed by atoms with Gasteiger partial charge in [0, 0.05) is 16.8 Å². The number of aromatic nitrogens is 4. The molecule has 0 aliphatic carbocycles. The van der Waals surface area contributed by atoms with E-state index in [4.69, 9.17) is 0 Å². The van der Waals surface area contributed by atoms with Crippen LogP contribution in [0.3, 0.4) is 0 Å². The highest BCUT2D eigenvalue weighted by atomic mass is 32.1. The first-order chi connectivity index (χ1) is 9.33. The Balaban J connectivity index is 1.92. The summed E-state index contributed by atoms with van der Waals surface area (Å²) in [4.78, 5) is 4.39. The summed E-state index contributed by atoms with van der Waals surface area (Å²) in [6.45, 7) is 2.03. The van der Waals surface area contributed by atoms with Gasteiger partial charge in [-0.15, -0.1) is 11.3 Å². The van der Waals surface area contributed by atoms with Crippen molar-refractivity contribution in [2.24, 2.45) is 4.99 Å². The van der Waals surface area contributed by atoms with Crippen molar-refractivity contribution >= 4 is 33.1 Å². The third-order valence-electron chi connectivity index (χ3n) is 3.42. The smallest absolute Gasteiger partial charge is 0.220 e. The van der Waals surface area contributed by atoms with Gasteiger partial charge in [0.2, 0.25) is 0 Å². The van der Waals surface area contributed by atoms with Gasteiger partial charge >= 0.3 is 0 Å². The van der Waals surface area contributed by atoms with Crippen molar-refractivity contribution in [2.75, 3.05) is 0 Å². The van der Waals surface area contributed by atoms with Crippen molar-refractivity contribution in [2.45, 2.75) is 19.4 Å². The SMILES string of the molecule is CC1=Nc2nnnn2C(c2csc3ccccc23)C1. The molecule has 19 heavy (non-hydrogen) atoms. The lowest BCUT2D eigenvalue weighted by atomic mass is 10.00. The predicted molar refractivity (Wildman–Crippen MR) is 75.2 cm³/mol. The molecular weight excluding hydrogens is 258 g/mol. The van der Waals surface area contributed by atoms with Crippen LogP contribution in [-0.4, -0.2) is 25.9 Å². The molecule has 1 aliphatic heterocycles. The molecule has 0 saturated carbocycles. The monoisotopic (exact) mass is 269 g/mol. The van der Waals surface area contributed by atoms with Gasteiger partial charge in [-0.05, 0) is 39.7 Å². The summed E-state index contributed by atoms with van der Waals surface area (Å²) < 4.78 is 3.12. The molecule has 0 N–H and O–H groups in total. The van der Waals surface area contributed by atoms with Gasteiger partial charge in [0.15, 0.2) is 0 Å². The first-order valence-corrected chi connectivity index (χ1v) is 6.99. The molecule has 4 rings (SSSR count). The van der Waals surface area contributed by atoms with E-state index >= 15 is 0 Å². The van der Waals surface area contributed by atoms with Crippen LogP contribution in [0.2, 0.25) is 0 Å². The predicted octanol–water partition coefficient (Wildman–Crippen LogP) is 2.97. The molecule has 6 heteroatoms. The van der Waals surface area contributed by atoms with Crippen molar-refractivity contribution in [3.63, 3.8) is 0 Å². The van der Waals surface area contributed by atoms with E-state index in [1.807, 2.05) is 11.6 Å². The lowest BCUT2D eigenvalue weighted by molar-refractivity contribution is 0.517. The minimum Gasteiger partial charge on any atom is -0.220 e. The fraction of sp³-hybridized carbons (Fsp3) is 0.231. The first kappa shape index (κ1) is 10.8. The minimum atomic E-state index is 0.152. The van der Waals surface area contributed by atoms with Gasteiger partial charge in [-0.3, -0.25) is 0 Å². The average Bonchev–Trinajstić information content (AvgIpc) is 3.03. The zero-order valence-electron chi connectivity index (χ0n) is 10.3. The number of nitrogens with zero attached hydrogens (tertiary/aromatic N) is 5. The summed E-state index contributed by atoms with van der Waals surface area (Å²) in [5, 5.41) is 15.3. The van der Waals surface area contributed by atoms with Gasteiger partial charge in [-0.2, -0.15) is 0 Å². The van der Waals surface area contributed by atoms with Crippen molar-refractivity contribution in [1.29, 1.82) is 0 Å². The van der Waals surface area contributed by atoms with Crippen LogP contribution in [0.1, 0.15) is 24.9 Å². The van der Waals surface area contributed by atoms with Gasteiger partial charge in [-0.1, -0.05) is 23.3 Å². The van der Waals surface area contributed by atoms with E-state index < -0.39 is 0 Å². The zero-order valence-corrected chi connectivity index (χ0v) is 11.1. The van der Waals surface area contributed by atoms with E-state index in [1.165, 1.54) is 15.6 Å². The molecule has 2 aromatic heterocycles. The lowest BCUT2D eigenvalue weighted by Crippen LogP contribution is -2.18. The third-order valence-corrected chi connectivity index (χ3v) is 4.40. The number of hydrogen-bond acceptors (Lipinski definition) is 5. The summed E-state index contributed by atoms with van der Waals surface area (Å²) in [5.74, 6) is 0.601. The molecule has 5 nitrogen and oxygen atoms in total. The molecule has 0 amide bonds. The molecule has 0 saturated heterocycles. The second kappa shape index (κ2) is 3.96. The number of tetrazole rings is 1. The van der Waals surface area contributed by atoms with Gasteiger partial charge in [0.1, 0.15) is 0 Å². The largest absolute Gasteiger partial charge is 0.269 e. The van der Waals surface area contributed by atoms with Crippen LogP contribution in [0.15, 0.2) is 34.6 Å². The van der Waals surface area contributed by atoms with E-state index in [1.54, 1.807) is 11.3 Å². The highest BCUT2D eigenvalue weighted by Crippen LogP contribution is 2.36. The Morgan fingerprint density at radius 3 is 3.16 bits per heavy atom. The van der Waals surface area contributed by atoms with Crippen LogP contribution in [0.4, 0.5) is 5.95 Å². The third kappa shape index (κ3) is 1.60. The Bertz CT molecular complexity index is 785. The Morgan fingerprint density at radius 1 is 1.32 bits per heavy atom. The first-order valence-electron chi connectivity index (χ1n) is 6.11. The maximum absolute atomic E-state index is 4.39. The Morgan fingerprint density at radius 2 is 2.21 bits per heavy atom. The van der Waals surface area contributed by atoms with E-state index in [-0.39, 0.29) is 6.04 Å². The van der Waals surface area contributed by atoms with Crippen LogP contribution in [0.5, 0.6) is 0 Å². The second-order valence-corrected chi connectivity index (χ2v) is 5.59. The fourth-order valence-corrected chi connectivity index (χ4v) is 3.55. The van der Waals surface area contributed by atoms with E-state index in [0.29, 0.717) is 5.95 Å². The second-order valence-electron chi connectivity index (χ2n) is 4.68. The topological polar surface area (TPSA) is 56.0 Å². The molecule has 1 aromatic carbocycles. The average molecular weight is 269 g/mol. The molecule has 94 valence electrons. The number of thiophene rings is 1. The summed E-state index contributed by atoms with van der Waals surface area (Å²) in [7, 11) is 0. The summed E-state index contributed by atoms with van der Waals surface area (Å²) >= 11 is 1.76. The highest BCUT2D eigenvalue weighted by molar-refractivity contribution is 7.17. The molecule has 1 aliphatic rings. The van der Waals surface area contributed by atoms with Crippen LogP contribution >= 0.6 is 11.3 Å². The molecule has 0 fully saturated rings. The maximum atomic E-state index is 4.39. The molecule has 0 bridgehead atoms. The molecule has 3 heterocycles. The quantitative estimate of drug-likeness (QED) is 0.682. The van der Waals surface area contributed by atoms with Gasteiger partial charge < -0.3 is 0 Å². The normalized spacial score (nSPS) is 18.4. The van der Waals surface area contributed by atoms with Crippen LogP contribution in [0.25, 0.3) is 10.1 Å². The van der Waals surface area contributed by atoms with Gasteiger partial charge in [0.05, 0.1) is 6.04 Å². The fourth-order valence-electron chi connectivity index (χ4n) is 2.54. The number of benzene rings is 1. The van der Waals surface area contributed by atoms with E-state index in [0.717, 1.165) is 12.1 Å². The molecule has 1 unspecified atom stereocenters. The number of hydrogen-bond donors (Lipinski definition) is 0. The number of fused-ring (bicyclic) bond motifs is 2. The molecular formula is C13H11N5S. The molecule has 0 spiro atoms. The van der Waals surface area contributed by atoms with Crippen molar-refractivity contribution in [1.82, 2.24) is 20.2 Å². The van der Waals surface area contributed by atoms with E-state index in [2.05, 4.69) is 50.2 Å². The van der Waals surface area contributed by atoms with Crippen molar-refractivity contribution in [3.05, 3.63) is 35.2 Å². The van der Waals surface area contributed by atoms with Crippen LogP contribution < -0.4 is 0 Å². The highest BCUT2D eigenvalue weighted by Gasteiger charge is 2.26. The zero-order chi connectivity index (χ0) is 12.8. The van der Waals surface area contributed by atoms with Crippen molar-refractivity contribution < 1.29 is 0 Å². The van der Waals surface area contributed by atoms with Crippen LogP contribution in [0, 0.1) is 0 Å². The molecule has 0 radical (unpaired) electrons. The summed E-state index contributed by atoms with van der Waals surface area (Å²) in [5.41, 5.74) is 2.35. The Hall–Kier alpha value is -2.08. The number of rotatable bonds is 1. The summed E-state index contributed by atoms with van der Waals surface area (Å²) in [6.07, 6.45) is 0.860. The standard InChI is InChI=1S/C13H11N5S/c1-8-6-11(18-13(14-8)15-16-17-18)10-7-19-12-5-3-2-4-9(10)12/h2-5,7,11H,6H2,1H3. The minimum absolute atomic E-state index is 0.152. The maximum Gasteiger partial charge on any atom is 0.269 e.